The van der Waals surface area contributed by atoms with Crippen LogP contribution in [0.15, 0.2) is 29.6 Å². The molecule has 1 saturated heterocycles. The number of carbonyl (C=O) groups is 1. The molecule has 1 N–H and O–H groups in total. The summed E-state index contributed by atoms with van der Waals surface area (Å²) in [5, 5.41) is 5.00. The average Bonchev–Trinajstić information content (AvgIpc) is 3.16. The number of urea groups is 1. The van der Waals surface area contributed by atoms with Crippen LogP contribution in [0.2, 0.25) is 0 Å². The minimum atomic E-state index is -4.48. The van der Waals surface area contributed by atoms with E-state index in [9.17, 15) is 18.0 Å². The van der Waals surface area contributed by atoms with Gasteiger partial charge in [-0.15, -0.1) is 11.3 Å². The minimum Gasteiger partial charge on any atom is -0.488 e. The van der Waals surface area contributed by atoms with Crippen molar-refractivity contribution in [1.29, 1.82) is 0 Å². The van der Waals surface area contributed by atoms with E-state index in [1.807, 2.05) is 12.3 Å². The summed E-state index contributed by atoms with van der Waals surface area (Å²) in [5.74, 6) is -0.210. The number of aromatic nitrogens is 1. The highest BCUT2D eigenvalue weighted by Crippen LogP contribution is 2.36. The Bertz CT molecular complexity index is 763. The van der Waals surface area contributed by atoms with Gasteiger partial charge in [0, 0.05) is 18.3 Å². The van der Waals surface area contributed by atoms with Crippen molar-refractivity contribution < 1.29 is 22.7 Å². The molecule has 5 nitrogen and oxygen atoms in total. The van der Waals surface area contributed by atoms with E-state index >= 15 is 0 Å². The van der Waals surface area contributed by atoms with Crippen molar-refractivity contribution in [1.82, 2.24) is 9.88 Å². The number of anilines is 1. The van der Waals surface area contributed by atoms with E-state index in [2.05, 4.69) is 10.3 Å². The number of para-hydroxylation sites is 1. The summed E-state index contributed by atoms with van der Waals surface area (Å²) in [4.78, 5) is 17.9. The van der Waals surface area contributed by atoms with Crippen molar-refractivity contribution >= 4 is 22.5 Å². The van der Waals surface area contributed by atoms with E-state index in [0.29, 0.717) is 18.1 Å². The number of hydrogen-bond donors (Lipinski definition) is 1. The van der Waals surface area contributed by atoms with Gasteiger partial charge in [-0.1, -0.05) is 12.1 Å². The second kappa shape index (κ2) is 6.91. The van der Waals surface area contributed by atoms with Crippen LogP contribution in [0.5, 0.6) is 5.75 Å². The largest absolute Gasteiger partial charge is 0.488 e. The molecule has 2 aromatic rings. The van der Waals surface area contributed by atoms with Gasteiger partial charge in [0.05, 0.1) is 17.8 Å². The lowest BCUT2D eigenvalue weighted by atomic mass is 10.2. The molecule has 1 atom stereocenters. The van der Waals surface area contributed by atoms with Gasteiger partial charge in [-0.05, 0) is 19.1 Å². The molecule has 25 heavy (non-hydrogen) atoms. The second-order valence-electron chi connectivity index (χ2n) is 5.69. The number of thiazole rings is 1. The van der Waals surface area contributed by atoms with E-state index in [1.54, 1.807) is 0 Å². The number of alkyl halides is 3. The van der Waals surface area contributed by atoms with E-state index in [0.717, 1.165) is 11.8 Å². The first-order chi connectivity index (χ1) is 11.8. The van der Waals surface area contributed by atoms with Crippen LogP contribution in [0, 0.1) is 6.92 Å². The first-order valence-corrected chi connectivity index (χ1v) is 8.52. The van der Waals surface area contributed by atoms with Gasteiger partial charge in [-0.3, -0.25) is 5.32 Å². The molecule has 2 heterocycles. The van der Waals surface area contributed by atoms with E-state index in [-0.39, 0.29) is 18.3 Å². The maximum atomic E-state index is 13.0. The maximum Gasteiger partial charge on any atom is 0.419 e. The molecule has 1 aromatic heterocycles. The lowest BCUT2D eigenvalue weighted by molar-refractivity contribution is -0.139. The summed E-state index contributed by atoms with van der Waals surface area (Å²) in [6.45, 7) is 2.46. The molecular weight excluding hydrogens is 355 g/mol. The lowest BCUT2D eigenvalue weighted by Gasteiger charge is -2.19. The molecule has 0 aliphatic carbocycles. The summed E-state index contributed by atoms with van der Waals surface area (Å²) in [7, 11) is 0. The van der Waals surface area contributed by atoms with Gasteiger partial charge in [0.15, 0.2) is 5.13 Å². The average molecular weight is 371 g/mol. The van der Waals surface area contributed by atoms with Crippen molar-refractivity contribution in [3.8, 4) is 5.75 Å². The molecule has 0 bridgehead atoms. The Hall–Kier alpha value is -2.29. The monoisotopic (exact) mass is 371 g/mol. The molecule has 0 unspecified atom stereocenters. The summed E-state index contributed by atoms with van der Waals surface area (Å²) in [6, 6.07) is 4.77. The van der Waals surface area contributed by atoms with Crippen LogP contribution in [0.3, 0.4) is 0 Å². The molecule has 134 valence electrons. The molecule has 1 aliphatic heterocycles. The number of benzene rings is 1. The Kier molecular flexibility index (Phi) is 4.85. The molecule has 9 heteroatoms. The van der Waals surface area contributed by atoms with E-state index in [1.165, 1.54) is 34.4 Å². The Morgan fingerprint density at radius 1 is 1.40 bits per heavy atom. The molecule has 0 radical (unpaired) electrons. The van der Waals surface area contributed by atoms with Crippen molar-refractivity contribution in [2.24, 2.45) is 0 Å². The molecule has 0 saturated carbocycles. The van der Waals surface area contributed by atoms with E-state index < -0.39 is 17.8 Å². The molecular formula is C16H16F3N3O2S. The SMILES string of the molecule is Cc1csc(NC(=O)N2CC[C@H](Oc3ccccc3C(F)(F)F)C2)n1. The molecule has 1 fully saturated rings. The molecule has 1 aromatic carbocycles. The van der Waals surface area contributed by atoms with Crippen molar-refractivity contribution in [2.75, 3.05) is 18.4 Å². The Labute approximate surface area is 146 Å². The summed E-state index contributed by atoms with van der Waals surface area (Å²) >= 11 is 1.32. The van der Waals surface area contributed by atoms with Crippen molar-refractivity contribution in [2.45, 2.75) is 25.6 Å². The first-order valence-electron chi connectivity index (χ1n) is 7.64. The standard InChI is InChI=1S/C16H16F3N3O2S/c1-10-9-25-14(20-10)21-15(23)22-7-6-11(8-22)24-13-5-3-2-4-12(13)16(17,18)19/h2-5,9,11H,6-8H2,1H3,(H,20,21,23)/t11-/m0/s1. The van der Waals surface area contributed by atoms with Crippen LogP contribution < -0.4 is 10.1 Å². The number of hydrogen-bond acceptors (Lipinski definition) is 4. The van der Waals surface area contributed by atoms with Crippen LogP contribution in [0.4, 0.5) is 23.1 Å². The molecule has 1 aliphatic rings. The topological polar surface area (TPSA) is 54.5 Å². The van der Waals surface area contributed by atoms with Gasteiger partial charge < -0.3 is 9.64 Å². The number of halogens is 3. The number of ether oxygens (including phenoxy) is 1. The van der Waals surface area contributed by atoms with Crippen LogP contribution in [0.25, 0.3) is 0 Å². The number of carbonyl (C=O) groups excluding carboxylic acids is 1. The summed E-state index contributed by atoms with van der Waals surface area (Å²) in [6.07, 6.45) is -4.49. The van der Waals surface area contributed by atoms with Crippen LogP contribution in [-0.2, 0) is 6.18 Å². The summed E-state index contributed by atoms with van der Waals surface area (Å²) < 4.78 is 44.5. The number of aryl methyl sites for hydroxylation is 1. The summed E-state index contributed by atoms with van der Waals surface area (Å²) in [5.41, 5.74) is 0.00264. The quantitative estimate of drug-likeness (QED) is 0.882. The molecule has 0 spiro atoms. The number of nitrogens with one attached hydrogen (secondary N) is 1. The zero-order valence-corrected chi connectivity index (χ0v) is 14.2. The van der Waals surface area contributed by atoms with Crippen molar-refractivity contribution in [3.63, 3.8) is 0 Å². The second-order valence-corrected chi connectivity index (χ2v) is 6.55. The third-order valence-electron chi connectivity index (χ3n) is 3.75. The van der Waals surface area contributed by atoms with Crippen LogP contribution in [-0.4, -0.2) is 35.1 Å². The first kappa shape index (κ1) is 17.5. The zero-order valence-electron chi connectivity index (χ0n) is 13.3. The highest BCUT2D eigenvalue weighted by molar-refractivity contribution is 7.13. The van der Waals surface area contributed by atoms with E-state index in [4.69, 9.17) is 4.74 Å². The zero-order chi connectivity index (χ0) is 18.0. The number of amides is 2. The minimum absolute atomic E-state index is 0.210. The number of rotatable bonds is 3. The van der Waals surface area contributed by atoms with Gasteiger partial charge in [0.1, 0.15) is 11.9 Å². The smallest absolute Gasteiger partial charge is 0.419 e. The van der Waals surface area contributed by atoms with Gasteiger partial charge in [0.2, 0.25) is 0 Å². The highest BCUT2D eigenvalue weighted by atomic mass is 32.1. The Morgan fingerprint density at radius 2 is 2.16 bits per heavy atom. The normalized spacial score (nSPS) is 17.6. The number of likely N-dealkylation sites (tertiary alicyclic amines) is 1. The Balaban J connectivity index is 1.61. The predicted molar refractivity (Wildman–Crippen MR) is 87.9 cm³/mol. The maximum absolute atomic E-state index is 13.0. The van der Waals surface area contributed by atoms with Crippen molar-refractivity contribution in [3.05, 3.63) is 40.9 Å². The number of nitrogens with zero attached hydrogens (tertiary/aromatic N) is 2. The van der Waals surface area contributed by atoms with Gasteiger partial charge >= 0.3 is 12.2 Å². The fraction of sp³-hybridized carbons (Fsp3) is 0.375. The van der Waals surface area contributed by atoms with Crippen LogP contribution in [0.1, 0.15) is 17.7 Å². The van der Waals surface area contributed by atoms with Gasteiger partial charge in [0.25, 0.3) is 0 Å². The van der Waals surface area contributed by atoms with Crippen LogP contribution >= 0.6 is 11.3 Å². The third-order valence-corrected chi connectivity index (χ3v) is 4.63. The third kappa shape index (κ3) is 4.22. The van der Waals surface area contributed by atoms with Gasteiger partial charge in [-0.2, -0.15) is 13.2 Å². The highest BCUT2D eigenvalue weighted by Gasteiger charge is 2.36. The fourth-order valence-electron chi connectivity index (χ4n) is 2.57. The lowest BCUT2D eigenvalue weighted by Crippen LogP contribution is -2.34. The molecule has 2 amide bonds. The van der Waals surface area contributed by atoms with Gasteiger partial charge in [-0.25, -0.2) is 9.78 Å². The predicted octanol–water partition coefficient (Wildman–Crippen LogP) is 4.16. The fourth-order valence-corrected chi connectivity index (χ4v) is 3.25. The Morgan fingerprint density at radius 3 is 2.84 bits per heavy atom. The molecule has 3 rings (SSSR count).